The quantitative estimate of drug-likeness (QED) is 0.848. The van der Waals surface area contributed by atoms with Gasteiger partial charge in [0.2, 0.25) is 5.91 Å². The Balaban J connectivity index is 2.00. The Morgan fingerprint density at radius 3 is 2.83 bits per heavy atom. The molecule has 0 aliphatic heterocycles. The number of nitrogens with two attached hydrogens (primary N) is 2. The van der Waals surface area contributed by atoms with E-state index in [1.165, 1.54) is 18.2 Å². The van der Waals surface area contributed by atoms with Crippen LogP contribution in [-0.4, -0.2) is 18.1 Å². The molecule has 0 saturated heterocycles. The van der Waals surface area contributed by atoms with Crippen molar-refractivity contribution >= 4 is 5.91 Å². The molecule has 1 saturated carbocycles. The van der Waals surface area contributed by atoms with Crippen molar-refractivity contribution in [3.63, 3.8) is 0 Å². The van der Waals surface area contributed by atoms with Crippen LogP contribution in [0, 0.1) is 5.82 Å². The fourth-order valence-corrected chi connectivity index (χ4v) is 2.17. The Morgan fingerprint density at radius 2 is 2.22 bits per heavy atom. The monoisotopic (exact) mass is 252 g/mol. The van der Waals surface area contributed by atoms with Gasteiger partial charge in [-0.05, 0) is 37.5 Å². The van der Waals surface area contributed by atoms with Gasteiger partial charge in [0.05, 0.1) is 12.7 Å². The molecule has 1 aliphatic rings. The normalized spacial score (nSPS) is 23.2. The number of halogens is 1. The summed E-state index contributed by atoms with van der Waals surface area (Å²) in [6, 6.07) is 4.22. The van der Waals surface area contributed by atoms with Crippen molar-refractivity contribution in [3.05, 3.63) is 35.1 Å². The molecule has 2 unspecified atom stereocenters. The van der Waals surface area contributed by atoms with E-state index in [0.717, 1.165) is 19.3 Å². The lowest BCUT2D eigenvalue weighted by molar-refractivity contribution is 0.0432. The minimum atomic E-state index is -0.570. The molecule has 1 aromatic carbocycles. The lowest BCUT2D eigenvalue weighted by atomic mass is 10.1. The molecule has 2 atom stereocenters. The van der Waals surface area contributed by atoms with Crippen molar-refractivity contribution in [2.24, 2.45) is 11.5 Å². The Labute approximate surface area is 105 Å². The third-order valence-corrected chi connectivity index (χ3v) is 3.23. The first-order chi connectivity index (χ1) is 8.56. The molecule has 0 radical (unpaired) electrons. The molecule has 4 N–H and O–H groups in total. The Morgan fingerprint density at radius 1 is 1.44 bits per heavy atom. The number of carbonyl (C=O) groups excluding carboxylic acids is 1. The van der Waals surface area contributed by atoms with E-state index < -0.39 is 5.91 Å². The van der Waals surface area contributed by atoms with Crippen molar-refractivity contribution in [2.45, 2.75) is 38.0 Å². The SMILES string of the molecule is NC(=O)c1ccc(F)c(COC2CCC(N)C2)c1. The summed E-state index contributed by atoms with van der Waals surface area (Å²) in [5.41, 5.74) is 11.6. The van der Waals surface area contributed by atoms with Crippen LogP contribution in [0.1, 0.15) is 35.2 Å². The van der Waals surface area contributed by atoms with Gasteiger partial charge in [0.1, 0.15) is 5.82 Å². The van der Waals surface area contributed by atoms with Gasteiger partial charge in [-0.15, -0.1) is 0 Å². The number of ether oxygens (including phenoxy) is 1. The molecule has 98 valence electrons. The average molecular weight is 252 g/mol. The second-order valence-corrected chi connectivity index (χ2v) is 4.68. The van der Waals surface area contributed by atoms with Crippen LogP contribution in [0.15, 0.2) is 18.2 Å². The third-order valence-electron chi connectivity index (χ3n) is 3.23. The van der Waals surface area contributed by atoms with Gasteiger partial charge >= 0.3 is 0 Å². The minimum absolute atomic E-state index is 0.0802. The van der Waals surface area contributed by atoms with Crippen LogP contribution in [0.4, 0.5) is 4.39 Å². The molecule has 1 amide bonds. The van der Waals surface area contributed by atoms with Gasteiger partial charge in [0.25, 0.3) is 0 Å². The zero-order chi connectivity index (χ0) is 13.1. The van der Waals surface area contributed by atoms with Crippen molar-refractivity contribution in [2.75, 3.05) is 0 Å². The first kappa shape index (κ1) is 13.0. The van der Waals surface area contributed by atoms with Gasteiger partial charge in [-0.3, -0.25) is 4.79 Å². The minimum Gasteiger partial charge on any atom is -0.373 e. The molecule has 5 heteroatoms. The number of hydrogen-bond acceptors (Lipinski definition) is 3. The fraction of sp³-hybridized carbons (Fsp3) is 0.462. The fourth-order valence-electron chi connectivity index (χ4n) is 2.17. The van der Waals surface area contributed by atoms with E-state index in [2.05, 4.69) is 0 Å². The maximum absolute atomic E-state index is 13.5. The number of primary amides is 1. The zero-order valence-electron chi connectivity index (χ0n) is 10.1. The molecule has 0 aromatic heterocycles. The van der Waals surface area contributed by atoms with E-state index in [9.17, 15) is 9.18 Å². The Kier molecular flexibility index (Phi) is 3.93. The molecular weight excluding hydrogens is 235 g/mol. The topological polar surface area (TPSA) is 78.3 Å². The lowest BCUT2D eigenvalue weighted by Gasteiger charge is -2.12. The van der Waals surface area contributed by atoms with E-state index >= 15 is 0 Å². The smallest absolute Gasteiger partial charge is 0.248 e. The van der Waals surface area contributed by atoms with E-state index in [1.54, 1.807) is 0 Å². The molecule has 0 spiro atoms. The molecule has 2 rings (SSSR count). The highest BCUT2D eigenvalue weighted by Gasteiger charge is 2.22. The van der Waals surface area contributed by atoms with Crippen LogP contribution in [0.25, 0.3) is 0 Å². The van der Waals surface area contributed by atoms with Gasteiger partial charge < -0.3 is 16.2 Å². The van der Waals surface area contributed by atoms with Crippen molar-refractivity contribution in [1.82, 2.24) is 0 Å². The van der Waals surface area contributed by atoms with Gasteiger partial charge in [0, 0.05) is 17.2 Å². The predicted molar refractivity (Wildman–Crippen MR) is 65.3 cm³/mol. The molecule has 1 aliphatic carbocycles. The highest BCUT2D eigenvalue weighted by atomic mass is 19.1. The van der Waals surface area contributed by atoms with Crippen molar-refractivity contribution < 1.29 is 13.9 Å². The number of rotatable bonds is 4. The van der Waals surface area contributed by atoms with Crippen LogP contribution >= 0.6 is 0 Å². The first-order valence-corrected chi connectivity index (χ1v) is 6.01. The maximum Gasteiger partial charge on any atom is 0.248 e. The van der Waals surface area contributed by atoms with E-state index in [-0.39, 0.29) is 30.1 Å². The number of benzene rings is 1. The van der Waals surface area contributed by atoms with Crippen LogP contribution in [-0.2, 0) is 11.3 Å². The second-order valence-electron chi connectivity index (χ2n) is 4.68. The van der Waals surface area contributed by atoms with E-state index in [4.69, 9.17) is 16.2 Å². The molecule has 4 nitrogen and oxygen atoms in total. The zero-order valence-corrected chi connectivity index (χ0v) is 10.1. The first-order valence-electron chi connectivity index (χ1n) is 6.01. The summed E-state index contributed by atoms with van der Waals surface area (Å²) in [5.74, 6) is -0.957. The van der Waals surface area contributed by atoms with Gasteiger partial charge in [0.15, 0.2) is 0 Å². The molecule has 0 heterocycles. The lowest BCUT2D eigenvalue weighted by Crippen LogP contribution is -2.17. The van der Waals surface area contributed by atoms with E-state index in [0.29, 0.717) is 5.56 Å². The van der Waals surface area contributed by atoms with Crippen molar-refractivity contribution in [1.29, 1.82) is 0 Å². The summed E-state index contributed by atoms with van der Waals surface area (Å²) >= 11 is 0. The highest BCUT2D eigenvalue weighted by molar-refractivity contribution is 5.92. The number of hydrogen-bond donors (Lipinski definition) is 2. The summed E-state index contributed by atoms with van der Waals surface area (Å²) < 4.78 is 19.1. The third kappa shape index (κ3) is 3.05. The Hall–Kier alpha value is -1.46. The van der Waals surface area contributed by atoms with Gasteiger partial charge in [-0.2, -0.15) is 0 Å². The summed E-state index contributed by atoms with van der Waals surface area (Å²) in [6.45, 7) is 0.143. The largest absolute Gasteiger partial charge is 0.373 e. The summed E-state index contributed by atoms with van der Waals surface area (Å²) in [5, 5.41) is 0. The Bertz CT molecular complexity index is 451. The van der Waals surface area contributed by atoms with Crippen molar-refractivity contribution in [3.8, 4) is 0 Å². The maximum atomic E-state index is 13.5. The molecular formula is C13H17FN2O2. The summed E-state index contributed by atoms with van der Waals surface area (Å²) in [6.07, 6.45) is 2.72. The van der Waals surface area contributed by atoms with Gasteiger partial charge in [-0.1, -0.05) is 0 Å². The van der Waals surface area contributed by atoms with Crippen LogP contribution in [0.5, 0.6) is 0 Å². The number of amides is 1. The predicted octanol–water partition coefficient (Wildman–Crippen LogP) is 1.32. The van der Waals surface area contributed by atoms with E-state index in [1.807, 2.05) is 0 Å². The van der Waals surface area contributed by atoms with Crippen LogP contribution in [0.2, 0.25) is 0 Å². The molecule has 1 aromatic rings. The average Bonchev–Trinajstić information content (AvgIpc) is 2.74. The summed E-state index contributed by atoms with van der Waals surface area (Å²) in [4.78, 5) is 11.0. The number of carbonyl (C=O) groups is 1. The molecule has 0 bridgehead atoms. The van der Waals surface area contributed by atoms with Gasteiger partial charge in [-0.25, -0.2) is 4.39 Å². The van der Waals surface area contributed by atoms with Crippen LogP contribution in [0.3, 0.4) is 0 Å². The second kappa shape index (κ2) is 5.46. The van der Waals surface area contributed by atoms with Crippen LogP contribution < -0.4 is 11.5 Å². The highest BCUT2D eigenvalue weighted by Crippen LogP contribution is 2.22. The molecule has 1 fully saturated rings. The summed E-state index contributed by atoms with van der Waals surface area (Å²) in [7, 11) is 0. The molecule has 18 heavy (non-hydrogen) atoms. The standard InChI is InChI=1S/C13H17FN2O2/c14-12-4-1-8(13(16)17)5-9(12)7-18-11-3-2-10(15)6-11/h1,4-5,10-11H,2-3,6-7,15H2,(H2,16,17).